The van der Waals surface area contributed by atoms with Crippen LogP contribution in [0.4, 0.5) is 4.39 Å². The second-order valence-corrected chi connectivity index (χ2v) is 5.78. The normalized spacial score (nSPS) is 15.8. The molecule has 5 nitrogen and oxygen atoms in total. The van der Waals surface area contributed by atoms with E-state index in [0.29, 0.717) is 36.2 Å². The highest BCUT2D eigenvalue weighted by atomic mass is 79.9. The number of amides is 2. The molecule has 0 aliphatic carbocycles. The van der Waals surface area contributed by atoms with E-state index in [1.807, 2.05) is 0 Å². The molecule has 1 aliphatic rings. The summed E-state index contributed by atoms with van der Waals surface area (Å²) in [5.41, 5.74) is 5.25. The fourth-order valence-electron chi connectivity index (χ4n) is 2.24. The summed E-state index contributed by atoms with van der Waals surface area (Å²) < 4.78 is 18.8. The van der Waals surface area contributed by atoms with Crippen molar-refractivity contribution in [1.29, 1.82) is 0 Å². The van der Waals surface area contributed by atoms with Crippen molar-refractivity contribution in [2.45, 2.75) is 12.8 Å². The molecule has 1 aromatic rings. The molecule has 0 radical (unpaired) electrons. The van der Waals surface area contributed by atoms with Gasteiger partial charge in [0, 0.05) is 19.0 Å². The van der Waals surface area contributed by atoms with Crippen LogP contribution in [0.1, 0.15) is 12.8 Å². The van der Waals surface area contributed by atoms with E-state index in [2.05, 4.69) is 15.9 Å². The SMILES string of the molecule is NC(=O)C1CCN(C(=O)COc2ccc(F)cc2Br)CC1. The Morgan fingerprint density at radius 3 is 2.62 bits per heavy atom. The van der Waals surface area contributed by atoms with Gasteiger partial charge < -0.3 is 15.4 Å². The molecule has 0 atom stereocenters. The highest BCUT2D eigenvalue weighted by Gasteiger charge is 2.26. The van der Waals surface area contributed by atoms with Crippen LogP contribution < -0.4 is 10.5 Å². The van der Waals surface area contributed by atoms with E-state index in [1.54, 1.807) is 4.90 Å². The number of likely N-dealkylation sites (tertiary alicyclic amines) is 1. The smallest absolute Gasteiger partial charge is 0.260 e. The Labute approximate surface area is 130 Å². The Hall–Kier alpha value is -1.63. The van der Waals surface area contributed by atoms with Gasteiger partial charge in [0.05, 0.1) is 4.47 Å². The van der Waals surface area contributed by atoms with Gasteiger partial charge in [-0.1, -0.05) is 0 Å². The Bertz CT molecular complexity index is 545. The predicted octanol–water partition coefficient (Wildman–Crippen LogP) is 1.69. The zero-order chi connectivity index (χ0) is 15.4. The molecule has 2 rings (SSSR count). The molecule has 1 heterocycles. The number of hydrogen-bond donors (Lipinski definition) is 1. The summed E-state index contributed by atoms with van der Waals surface area (Å²) in [4.78, 5) is 24.7. The van der Waals surface area contributed by atoms with E-state index >= 15 is 0 Å². The minimum atomic E-state index is -0.380. The zero-order valence-electron chi connectivity index (χ0n) is 11.4. The van der Waals surface area contributed by atoms with Crippen LogP contribution in [0.2, 0.25) is 0 Å². The molecular formula is C14H16BrFN2O3. The van der Waals surface area contributed by atoms with Gasteiger partial charge in [-0.2, -0.15) is 0 Å². The van der Waals surface area contributed by atoms with Gasteiger partial charge in [-0.05, 0) is 47.0 Å². The summed E-state index contributed by atoms with van der Waals surface area (Å²) in [5.74, 6) is -0.588. The first-order chi connectivity index (χ1) is 9.97. The van der Waals surface area contributed by atoms with Crippen LogP contribution in [-0.4, -0.2) is 36.4 Å². The Balaban J connectivity index is 1.84. The molecule has 0 unspecified atom stereocenters. The van der Waals surface area contributed by atoms with E-state index < -0.39 is 0 Å². The van der Waals surface area contributed by atoms with Crippen molar-refractivity contribution in [2.75, 3.05) is 19.7 Å². The first-order valence-corrected chi connectivity index (χ1v) is 7.41. The largest absolute Gasteiger partial charge is 0.483 e. The molecule has 0 bridgehead atoms. The highest BCUT2D eigenvalue weighted by molar-refractivity contribution is 9.10. The number of carbonyl (C=O) groups is 2. The molecule has 1 aliphatic heterocycles. The molecule has 2 amide bonds. The molecule has 21 heavy (non-hydrogen) atoms. The number of carbonyl (C=O) groups excluding carboxylic acids is 2. The van der Waals surface area contributed by atoms with Crippen LogP contribution in [0.5, 0.6) is 5.75 Å². The number of benzene rings is 1. The number of halogens is 2. The predicted molar refractivity (Wildman–Crippen MR) is 78.1 cm³/mol. The molecule has 114 valence electrons. The standard InChI is InChI=1S/C14H16BrFN2O3/c15-11-7-10(16)1-2-12(11)21-8-13(19)18-5-3-9(4-6-18)14(17)20/h1-2,7,9H,3-6,8H2,(H2,17,20). The third-order valence-electron chi connectivity index (χ3n) is 3.50. The molecule has 1 saturated heterocycles. The maximum absolute atomic E-state index is 12.9. The van der Waals surface area contributed by atoms with Crippen LogP contribution in [0.25, 0.3) is 0 Å². The molecule has 0 aromatic heterocycles. The fourth-order valence-corrected chi connectivity index (χ4v) is 2.70. The number of piperidine rings is 1. The Morgan fingerprint density at radius 1 is 1.38 bits per heavy atom. The average molecular weight is 359 g/mol. The lowest BCUT2D eigenvalue weighted by Crippen LogP contribution is -2.43. The fraction of sp³-hybridized carbons (Fsp3) is 0.429. The molecule has 0 saturated carbocycles. The third-order valence-corrected chi connectivity index (χ3v) is 4.11. The van der Waals surface area contributed by atoms with Gasteiger partial charge in [0.1, 0.15) is 11.6 Å². The molecule has 0 spiro atoms. The lowest BCUT2D eigenvalue weighted by molar-refractivity contribution is -0.136. The molecule has 1 aromatic carbocycles. The Morgan fingerprint density at radius 2 is 2.05 bits per heavy atom. The van der Waals surface area contributed by atoms with Gasteiger partial charge in [0.25, 0.3) is 5.91 Å². The number of nitrogens with two attached hydrogens (primary N) is 1. The third kappa shape index (κ3) is 4.17. The summed E-state index contributed by atoms with van der Waals surface area (Å²) in [6.07, 6.45) is 1.17. The number of hydrogen-bond acceptors (Lipinski definition) is 3. The second-order valence-electron chi connectivity index (χ2n) is 4.92. The summed E-state index contributed by atoms with van der Waals surface area (Å²) in [7, 11) is 0. The van der Waals surface area contributed by atoms with E-state index in [1.165, 1.54) is 18.2 Å². The lowest BCUT2D eigenvalue weighted by Gasteiger charge is -2.30. The van der Waals surface area contributed by atoms with Crippen LogP contribution in [-0.2, 0) is 9.59 Å². The summed E-state index contributed by atoms with van der Waals surface area (Å²) in [6.45, 7) is 0.881. The number of ether oxygens (including phenoxy) is 1. The van der Waals surface area contributed by atoms with E-state index in [0.717, 1.165) is 0 Å². The summed E-state index contributed by atoms with van der Waals surface area (Å²) in [5, 5.41) is 0. The second kappa shape index (κ2) is 6.89. The van der Waals surface area contributed by atoms with Gasteiger partial charge in [-0.3, -0.25) is 9.59 Å². The van der Waals surface area contributed by atoms with Gasteiger partial charge in [-0.15, -0.1) is 0 Å². The van der Waals surface area contributed by atoms with Crippen molar-refractivity contribution in [1.82, 2.24) is 4.90 Å². The first-order valence-electron chi connectivity index (χ1n) is 6.62. The number of rotatable bonds is 4. The van der Waals surface area contributed by atoms with E-state index in [9.17, 15) is 14.0 Å². The molecular weight excluding hydrogens is 343 g/mol. The minimum Gasteiger partial charge on any atom is -0.483 e. The summed E-state index contributed by atoms with van der Waals surface area (Å²) in [6, 6.07) is 4.01. The topological polar surface area (TPSA) is 72.6 Å². The first kappa shape index (κ1) is 15.8. The summed E-state index contributed by atoms with van der Waals surface area (Å²) >= 11 is 3.18. The molecule has 1 fully saturated rings. The molecule has 2 N–H and O–H groups in total. The van der Waals surface area contributed by atoms with Crippen molar-refractivity contribution in [2.24, 2.45) is 11.7 Å². The zero-order valence-corrected chi connectivity index (χ0v) is 12.9. The maximum atomic E-state index is 12.9. The van der Waals surface area contributed by atoms with Crippen molar-refractivity contribution in [3.8, 4) is 5.75 Å². The van der Waals surface area contributed by atoms with Gasteiger partial charge in [0.2, 0.25) is 5.91 Å². The van der Waals surface area contributed by atoms with Crippen molar-refractivity contribution in [3.63, 3.8) is 0 Å². The van der Waals surface area contributed by atoms with E-state index in [-0.39, 0.29) is 30.2 Å². The van der Waals surface area contributed by atoms with Gasteiger partial charge in [0.15, 0.2) is 6.61 Å². The van der Waals surface area contributed by atoms with Crippen LogP contribution in [0.15, 0.2) is 22.7 Å². The maximum Gasteiger partial charge on any atom is 0.260 e. The average Bonchev–Trinajstić information content (AvgIpc) is 2.46. The minimum absolute atomic E-state index is 0.120. The van der Waals surface area contributed by atoms with Crippen LogP contribution in [0, 0.1) is 11.7 Å². The van der Waals surface area contributed by atoms with E-state index in [4.69, 9.17) is 10.5 Å². The Kier molecular flexibility index (Phi) is 5.17. The van der Waals surface area contributed by atoms with Crippen molar-refractivity contribution in [3.05, 3.63) is 28.5 Å². The number of primary amides is 1. The van der Waals surface area contributed by atoms with Crippen molar-refractivity contribution < 1.29 is 18.7 Å². The highest BCUT2D eigenvalue weighted by Crippen LogP contribution is 2.25. The quantitative estimate of drug-likeness (QED) is 0.889. The van der Waals surface area contributed by atoms with Gasteiger partial charge in [-0.25, -0.2) is 4.39 Å². The lowest BCUT2D eigenvalue weighted by atomic mass is 9.96. The van der Waals surface area contributed by atoms with Crippen molar-refractivity contribution >= 4 is 27.7 Å². The monoisotopic (exact) mass is 358 g/mol. The van der Waals surface area contributed by atoms with Crippen LogP contribution in [0.3, 0.4) is 0 Å². The molecule has 7 heteroatoms. The number of nitrogens with zero attached hydrogens (tertiary/aromatic N) is 1. The van der Waals surface area contributed by atoms with Crippen LogP contribution >= 0.6 is 15.9 Å². The van der Waals surface area contributed by atoms with Gasteiger partial charge >= 0.3 is 0 Å².